The third-order valence-electron chi connectivity index (χ3n) is 4.12. The van der Waals surface area contributed by atoms with E-state index in [1.54, 1.807) is 16.4 Å². The SMILES string of the molecule is CNCC1CCN(S(=O)(=O)c2cc3cc(Cl)ccc3s2)CC1.Cl. The molecule has 0 radical (unpaired) electrons. The van der Waals surface area contributed by atoms with E-state index in [0.29, 0.717) is 28.2 Å². The average molecular weight is 395 g/mol. The highest BCUT2D eigenvalue weighted by Gasteiger charge is 2.30. The summed E-state index contributed by atoms with van der Waals surface area (Å²) in [7, 11) is -1.45. The van der Waals surface area contributed by atoms with Crippen molar-refractivity contribution in [3.8, 4) is 0 Å². The zero-order chi connectivity index (χ0) is 15.7. The molecule has 0 aliphatic carbocycles. The van der Waals surface area contributed by atoms with Crippen LogP contribution in [0.15, 0.2) is 28.5 Å². The molecule has 0 spiro atoms. The Labute approximate surface area is 152 Å². The molecule has 23 heavy (non-hydrogen) atoms. The molecule has 0 amide bonds. The molecule has 2 heterocycles. The lowest BCUT2D eigenvalue weighted by Crippen LogP contribution is -2.40. The van der Waals surface area contributed by atoms with Crippen molar-refractivity contribution in [3.05, 3.63) is 29.3 Å². The minimum absolute atomic E-state index is 0. The lowest BCUT2D eigenvalue weighted by Gasteiger charge is -2.30. The van der Waals surface area contributed by atoms with Crippen molar-refractivity contribution >= 4 is 55.5 Å². The van der Waals surface area contributed by atoms with E-state index in [9.17, 15) is 8.42 Å². The first kappa shape index (κ1) is 19.0. The molecule has 1 saturated heterocycles. The van der Waals surface area contributed by atoms with Gasteiger partial charge in [-0.1, -0.05) is 11.6 Å². The number of fused-ring (bicyclic) bond motifs is 1. The van der Waals surface area contributed by atoms with Gasteiger partial charge in [0.25, 0.3) is 10.0 Å². The topological polar surface area (TPSA) is 49.4 Å². The van der Waals surface area contributed by atoms with Gasteiger partial charge in [0.15, 0.2) is 0 Å². The second kappa shape index (κ2) is 7.68. The molecule has 1 N–H and O–H groups in total. The molecule has 0 unspecified atom stereocenters. The Morgan fingerprint density at radius 2 is 2.00 bits per heavy atom. The van der Waals surface area contributed by atoms with Crippen LogP contribution in [-0.4, -0.2) is 39.4 Å². The van der Waals surface area contributed by atoms with E-state index in [0.717, 1.165) is 29.5 Å². The number of piperidine rings is 1. The number of nitrogens with one attached hydrogen (secondary N) is 1. The standard InChI is InChI=1S/C15H19ClN2O2S2.ClH/c1-17-10-11-4-6-18(7-5-11)22(19,20)15-9-12-8-13(16)2-3-14(12)21-15;/h2-3,8-9,11,17H,4-7,10H2,1H3;1H. The van der Waals surface area contributed by atoms with E-state index < -0.39 is 10.0 Å². The fraction of sp³-hybridized carbons (Fsp3) is 0.467. The van der Waals surface area contributed by atoms with Crippen LogP contribution in [0.4, 0.5) is 0 Å². The zero-order valence-electron chi connectivity index (χ0n) is 12.8. The lowest BCUT2D eigenvalue weighted by molar-refractivity contribution is 0.271. The van der Waals surface area contributed by atoms with Gasteiger partial charge in [0.05, 0.1) is 0 Å². The van der Waals surface area contributed by atoms with Crippen molar-refractivity contribution in [2.75, 3.05) is 26.7 Å². The summed E-state index contributed by atoms with van der Waals surface area (Å²) < 4.78 is 28.6. The van der Waals surface area contributed by atoms with Crippen LogP contribution in [0.5, 0.6) is 0 Å². The number of benzene rings is 1. The van der Waals surface area contributed by atoms with Crippen molar-refractivity contribution in [1.82, 2.24) is 9.62 Å². The summed E-state index contributed by atoms with van der Waals surface area (Å²) in [4.78, 5) is 0. The lowest BCUT2D eigenvalue weighted by atomic mass is 9.98. The summed E-state index contributed by atoms with van der Waals surface area (Å²) in [6, 6.07) is 7.22. The Balaban J connectivity index is 0.00000192. The Morgan fingerprint density at radius 1 is 1.30 bits per heavy atom. The van der Waals surface area contributed by atoms with Gasteiger partial charge in [-0.2, -0.15) is 4.31 Å². The maximum absolute atomic E-state index is 12.8. The number of sulfonamides is 1. The molecule has 1 aliphatic rings. The normalized spacial score (nSPS) is 17.3. The van der Waals surface area contributed by atoms with Crippen molar-refractivity contribution in [2.24, 2.45) is 5.92 Å². The van der Waals surface area contributed by atoms with Gasteiger partial charge in [-0.25, -0.2) is 8.42 Å². The summed E-state index contributed by atoms with van der Waals surface area (Å²) in [5.41, 5.74) is 0. The highest BCUT2D eigenvalue weighted by molar-refractivity contribution is 7.91. The van der Waals surface area contributed by atoms with Gasteiger partial charge in [-0.3, -0.25) is 0 Å². The number of hydrogen-bond acceptors (Lipinski definition) is 4. The van der Waals surface area contributed by atoms with Crippen LogP contribution in [-0.2, 0) is 10.0 Å². The average Bonchev–Trinajstić information content (AvgIpc) is 2.92. The molecule has 0 atom stereocenters. The smallest absolute Gasteiger partial charge is 0.252 e. The van der Waals surface area contributed by atoms with Crippen LogP contribution in [0.2, 0.25) is 5.02 Å². The first-order valence-electron chi connectivity index (χ1n) is 7.34. The van der Waals surface area contributed by atoms with Gasteiger partial charge < -0.3 is 5.32 Å². The zero-order valence-corrected chi connectivity index (χ0v) is 16.0. The highest BCUT2D eigenvalue weighted by atomic mass is 35.5. The fourth-order valence-electron chi connectivity index (χ4n) is 2.89. The first-order chi connectivity index (χ1) is 10.5. The number of nitrogens with zero attached hydrogens (tertiary/aromatic N) is 1. The second-order valence-electron chi connectivity index (χ2n) is 5.65. The van der Waals surface area contributed by atoms with Crippen LogP contribution in [0, 0.1) is 5.92 Å². The molecule has 1 aromatic carbocycles. The van der Waals surface area contributed by atoms with Crippen molar-refractivity contribution in [3.63, 3.8) is 0 Å². The summed E-state index contributed by atoms with van der Waals surface area (Å²) in [5.74, 6) is 0.567. The van der Waals surface area contributed by atoms with E-state index in [4.69, 9.17) is 11.6 Å². The molecule has 0 saturated carbocycles. The Kier molecular flexibility index (Phi) is 6.33. The summed E-state index contributed by atoms with van der Waals surface area (Å²) in [5, 5.41) is 4.68. The number of thiophene rings is 1. The van der Waals surface area contributed by atoms with Gasteiger partial charge in [-0.05, 0) is 62.0 Å². The minimum Gasteiger partial charge on any atom is -0.319 e. The molecule has 1 aromatic heterocycles. The molecule has 1 aliphatic heterocycles. The van der Waals surface area contributed by atoms with E-state index >= 15 is 0 Å². The third-order valence-corrected chi connectivity index (χ3v) is 7.82. The van der Waals surface area contributed by atoms with E-state index in [1.165, 1.54) is 11.3 Å². The summed E-state index contributed by atoms with van der Waals surface area (Å²) >= 11 is 7.29. The fourth-order valence-corrected chi connectivity index (χ4v) is 6.07. The van der Waals surface area contributed by atoms with Gasteiger partial charge in [0.1, 0.15) is 4.21 Å². The molecule has 1 fully saturated rings. The van der Waals surface area contributed by atoms with E-state index in [1.807, 2.05) is 19.2 Å². The number of rotatable bonds is 4. The highest BCUT2D eigenvalue weighted by Crippen LogP contribution is 2.33. The van der Waals surface area contributed by atoms with Crippen molar-refractivity contribution < 1.29 is 8.42 Å². The molecule has 3 rings (SSSR count). The quantitative estimate of drug-likeness (QED) is 0.861. The van der Waals surface area contributed by atoms with Crippen LogP contribution < -0.4 is 5.32 Å². The summed E-state index contributed by atoms with van der Waals surface area (Å²) in [6.07, 6.45) is 1.83. The number of halogens is 2. The van der Waals surface area contributed by atoms with Crippen LogP contribution in [0.25, 0.3) is 10.1 Å². The van der Waals surface area contributed by atoms with Gasteiger partial charge in [-0.15, -0.1) is 23.7 Å². The molecule has 2 aromatic rings. The molecule has 4 nitrogen and oxygen atoms in total. The predicted molar refractivity (Wildman–Crippen MR) is 99.5 cm³/mol. The molecular weight excluding hydrogens is 375 g/mol. The Bertz CT molecular complexity index is 769. The molecule has 128 valence electrons. The van der Waals surface area contributed by atoms with E-state index in [2.05, 4.69) is 5.32 Å². The predicted octanol–water partition coefficient (Wildman–Crippen LogP) is 3.60. The second-order valence-corrected chi connectivity index (χ2v) is 9.34. The number of hydrogen-bond donors (Lipinski definition) is 1. The summed E-state index contributed by atoms with van der Waals surface area (Å²) in [6.45, 7) is 2.16. The Morgan fingerprint density at radius 3 is 2.65 bits per heavy atom. The van der Waals surface area contributed by atoms with Gasteiger partial charge in [0, 0.05) is 22.8 Å². The van der Waals surface area contributed by atoms with Crippen molar-refractivity contribution in [1.29, 1.82) is 0 Å². The van der Waals surface area contributed by atoms with Gasteiger partial charge in [0.2, 0.25) is 0 Å². The van der Waals surface area contributed by atoms with Crippen LogP contribution >= 0.6 is 35.3 Å². The minimum atomic E-state index is -3.39. The van der Waals surface area contributed by atoms with Gasteiger partial charge >= 0.3 is 0 Å². The molecule has 8 heteroatoms. The monoisotopic (exact) mass is 394 g/mol. The first-order valence-corrected chi connectivity index (χ1v) is 9.98. The molecular formula is C15H20Cl2N2O2S2. The van der Waals surface area contributed by atoms with Crippen molar-refractivity contribution in [2.45, 2.75) is 17.1 Å². The molecule has 0 bridgehead atoms. The maximum atomic E-state index is 12.8. The van der Waals surface area contributed by atoms with Crippen LogP contribution in [0.3, 0.4) is 0 Å². The van der Waals surface area contributed by atoms with E-state index in [-0.39, 0.29) is 12.4 Å². The van der Waals surface area contributed by atoms with Crippen LogP contribution in [0.1, 0.15) is 12.8 Å². The maximum Gasteiger partial charge on any atom is 0.252 e. The largest absolute Gasteiger partial charge is 0.319 e. The Hall–Kier alpha value is -0.370. The third kappa shape index (κ3) is 4.00.